The molecule has 0 radical (unpaired) electrons. The molecule has 0 heterocycles. The van der Waals surface area contributed by atoms with Crippen LogP contribution in [0, 0.1) is 0 Å². The van der Waals surface area contributed by atoms with Gasteiger partial charge in [-0.05, 0) is 37.7 Å². The molecule has 0 atom stereocenters. The largest absolute Gasteiger partial charge is 0.352 e. The van der Waals surface area contributed by atoms with E-state index in [1.54, 1.807) is 0 Å². The van der Waals surface area contributed by atoms with Crippen molar-refractivity contribution in [1.29, 1.82) is 0 Å². The summed E-state index contributed by atoms with van der Waals surface area (Å²) in [4.78, 5) is 12.1. The molecule has 0 spiro atoms. The van der Waals surface area contributed by atoms with Crippen LogP contribution in [-0.4, -0.2) is 27.9 Å². The van der Waals surface area contributed by atoms with E-state index in [0.29, 0.717) is 12.1 Å². The molecule has 0 saturated carbocycles. The van der Waals surface area contributed by atoms with Gasteiger partial charge in [0.05, 0.1) is 4.90 Å². The average molecular weight is 340 g/mol. The van der Waals surface area contributed by atoms with Crippen molar-refractivity contribution in [2.24, 2.45) is 0 Å². The van der Waals surface area contributed by atoms with Crippen molar-refractivity contribution in [3.8, 4) is 0 Å². The number of carbonyl (C=O) groups excluding carboxylic acids is 1. The highest BCUT2D eigenvalue weighted by atomic mass is 32.2. The van der Waals surface area contributed by atoms with Crippen molar-refractivity contribution in [3.05, 3.63) is 29.8 Å². The quantitative estimate of drug-likeness (QED) is 0.608. The van der Waals surface area contributed by atoms with E-state index >= 15 is 0 Å². The molecule has 1 rings (SSSR count). The third kappa shape index (κ3) is 7.14. The molecule has 1 amide bonds. The fourth-order valence-corrected chi connectivity index (χ4v) is 3.02. The maximum absolute atomic E-state index is 12.0. The Morgan fingerprint density at radius 1 is 0.957 bits per heavy atom. The first-order valence-corrected chi connectivity index (χ1v) is 9.81. The number of unbranched alkanes of at least 4 members (excludes halogenated alkanes) is 6. The van der Waals surface area contributed by atoms with Gasteiger partial charge in [-0.3, -0.25) is 4.79 Å². The molecule has 0 aliphatic carbocycles. The standard InChI is InChI=1S/C17H28N2O3S/c1-3-4-5-6-7-8-9-14-19-17(20)15-10-12-16(13-11-15)23(21,22)18-2/h10-13,18H,3-9,14H2,1-2H3,(H,19,20). The van der Waals surface area contributed by atoms with Crippen LogP contribution in [0.25, 0.3) is 0 Å². The van der Waals surface area contributed by atoms with Crippen LogP contribution < -0.4 is 10.0 Å². The molecular formula is C17H28N2O3S. The van der Waals surface area contributed by atoms with Crippen LogP contribution in [0.4, 0.5) is 0 Å². The number of carbonyl (C=O) groups is 1. The lowest BCUT2D eigenvalue weighted by Crippen LogP contribution is -2.24. The maximum atomic E-state index is 12.0. The Labute approximate surface area is 139 Å². The van der Waals surface area contributed by atoms with Crippen LogP contribution in [0.1, 0.15) is 62.2 Å². The molecule has 6 heteroatoms. The summed E-state index contributed by atoms with van der Waals surface area (Å²) in [6.45, 7) is 2.86. The van der Waals surface area contributed by atoms with Crippen molar-refractivity contribution in [2.75, 3.05) is 13.6 Å². The van der Waals surface area contributed by atoms with Gasteiger partial charge in [0.15, 0.2) is 0 Å². The molecule has 23 heavy (non-hydrogen) atoms. The summed E-state index contributed by atoms with van der Waals surface area (Å²) in [7, 11) is -2.10. The summed E-state index contributed by atoms with van der Waals surface area (Å²) in [5.74, 6) is -0.163. The number of nitrogens with one attached hydrogen (secondary N) is 2. The van der Waals surface area contributed by atoms with Gasteiger partial charge >= 0.3 is 0 Å². The van der Waals surface area contributed by atoms with Gasteiger partial charge in [0, 0.05) is 12.1 Å². The minimum Gasteiger partial charge on any atom is -0.352 e. The van der Waals surface area contributed by atoms with Gasteiger partial charge in [0.25, 0.3) is 5.91 Å². The van der Waals surface area contributed by atoms with Crippen molar-refractivity contribution in [2.45, 2.75) is 56.8 Å². The first-order valence-electron chi connectivity index (χ1n) is 8.33. The molecule has 1 aromatic rings. The molecule has 1 aromatic carbocycles. The van der Waals surface area contributed by atoms with Crippen molar-refractivity contribution < 1.29 is 13.2 Å². The van der Waals surface area contributed by atoms with Crippen LogP contribution >= 0.6 is 0 Å². The molecule has 0 aliphatic rings. The van der Waals surface area contributed by atoms with Gasteiger partial charge in [-0.1, -0.05) is 45.4 Å². The molecule has 130 valence electrons. The molecule has 2 N–H and O–H groups in total. The van der Waals surface area contributed by atoms with Crippen LogP contribution in [0.3, 0.4) is 0 Å². The zero-order valence-electron chi connectivity index (χ0n) is 14.1. The average Bonchev–Trinajstić information content (AvgIpc) is 2.57. The predicted octanol–water partition coefficient (Wildman–Crippen LogP) is 3.08. The minimum atomic E-state index is -3.46. The number of hydrogen-bond donors (Lipinski definition) is 2. The Bertz CT molecular complexity index is 568. The van der Waals surface area contributed by atoms with E-state index < -0.39 is 10.0 Å². The summed E-state index contributed by atoms with van der Waals surface area (Å²) in [6.07, 6.45) is 8.44. The number of benzene rings is 1. The SMILES string of the molecule is CCCCCCCCCNC(=O)c1ccc(S(=O)(=O)NC)cc1. The smallest absolute Gasteiger partial charge is 0.251 e. The van der Waals surface area contributed by atoms with E-state index in [-0.39, 0.29) is 10.8 Å². The number of rotatable bonds is 11. The second-order valence-electron chi connectivity index (χ2n) is 5.61. The molecule has 0 aliphatic heterocycles. The van der Waals surface area contributed by atoms with E-state index in [1.807, 2.05) is 0 Å². The van der Waals surface area contributed by atoms with Crippen LogP contribution in [-0.2, 0) is 10.0 Å². The fourth-order valence-electron chi connectivity index (χ4n) is 2.29. The third-order valence-corrected chi connectivity index (χ3v) is 5.19. The van der Waals surface area contributed by atoms with E-state index in [4.69, 9.17) is 0 Å². The second kappa shape index (κ2) is 10.4. The summed E-state index contributed by atoms with van der Waals surface area (Å²) >= 11 is 0. The van der Waals surface area contributed by atoms with Gasteiger partial charge in [0.2, 0.25) is 10.0 Å². The van der Waals surface area contributed by atoms with Crippen molar-refractivity contribution >= 4 is 15.9 Å². The highest BCUT2D eigenvalue weighted by molar-refractivity contribution is 7.89. The lowest BCUT2D eigenvalue weighted by atomic mass is 10.1. The molecule has 0 fully saturated rings. The maximum Gasteiger partial charge on any atom is 0.251 e. The second-order valence-corrected chi connectivity index (χ2v) is 7.50. The zero-order chi connectivity index (χ0) is 17.1. The van der Waals surface area contributed by atoms with E-state index in [1.165, 1.54) is 63.4 Å². The predicted molar refractivity (Wildman–Crippen MR) is 93.0 cm³/mol. The molecule has 0 saturated heterocycles. The van der Waals surface area contributed by atoms with Gasteiger partial charge in [-0.25, -0.2) is 13.1 Å². The van der Waals surface area contributed by atoms with E-state index in [9.17, 15) is 13.2 Å². The summed E-state index contributed by atoms with van der Waals surface area (Å²) in [5, 5.41) is 2.87. The first-order chi connectivity index (χ1) is 11.0. The summed E-state index contributed by atoms with van der Waals surface area (Å²) in [6, 6.07) is 5.94. The fraction of sp³-hybridized carbons (Fsp3) is 0.588. The van der Waals surface area contributed by atoms with Gasteiger partial charge < -0.3 is 5.32 Å². The number of sulfonamides is 1. The van der Waals surface area contributed by atoms with Crippen LogP contribution in [0.2, 0.25) is 0 Å². The normalized spacial score (nSPS) is 11.4. The van der Waals surface area contributed by atoms with E-state index in [2.05, 4.69) is 17.0 Å². The first kappa shape index (κ1) is 19.6. The molecular weight excluding hydrogens is 312 g/mol. The Morgan fingerprint density at radius 3 is 2.09 bits per heavy atom. The van der Waals surface area contributed by atoms with Gasteiger partial charge in [-0.15, -0.1) is 0 Å². The lowest BCUT2D eigenvalue weighted by molar-refractivity contribution is 0.0953. The minimum absolute atomic E-state index is 0.156. The number of amides is 1. The Kier molecular flexibility index (Phi) is 8.87. The zero-order valence-corrected chi connectivity index (χ0v) is 14.9. The highest BCUT2D eigenvalue weighted by Crippen LogP contribution is 2.10. The van der Waals surface area contributed by atoms with Crippen molar-refractivity contribution in [1.82, 2.24) is 10.0 Å². The Balaban J connectivity index is 2.30. The molecule has 0 aromatic heterocycles. The van der Waals surface area contributed by atoms with E-state index in [0.717, 1.165) is 12.8 Å². The van der Waals surface area contributed by atoms with Gasteiger partial charge in [0.1, 0.15) is 0 Å². The number of hydrogen-bond acceptors (Lipinski definition) is 3. The Morgan fingerprint density at radius 2 is 1.52 bits per heavy atom. The highest BCUT2D eigenvalue weighted by Gasteiger charge is 2.12. The summed E-state index contributed by atoms with van der Waals surface area (Å²) in [5.41, 5.74) is 0.475. The van der Waals surface area contributed by atoms with Crippen molar-refractivity contribution in [3.63, 3.8) is 0 Å². The van der Waals surface area contributed by atoms with Crippen LogP contribution in [0.5, 0.6) is 0 Å². The lowest BCUT2D eigenvalue weighted by Gasteiger charge is -2.07. The molecule has 5 nitrogen and oxygen atoms in total. The molecule has 0 unspecified atom stereocenters. The topological polar surface area (TPSA) is 75.3 Å². The third-order valence-electron chi connectivity index (χ3n) is 3.76. The summed E-state index contributed by atoms with van der Waals surface area (Å²) < 4.78 is 25.5. The monoisotopic (exact) mass is 340 g/mol. The Hall–Kier alpha value is -1.40. The van der Waals surface area contributed by atoms with Crippen LogP contribution in [0.15, 0.2) is 29.2 Å². The van der Waals surface area contributed by atoms with Gasteiger partial charge in [-0.2, -0.15) is 0 Å². The molecule has 0 bridgehead atoms.